The number of carbonyl (C=O) groups excluding carboxylic acids is 2. The molecule has 0 bridgehead atoms. The van der Waals surface area contributed by atoms with Crippen LogP contribution in [-0.4, -0.2) is 56.2 Å². The highest BCUT2D eigenvalue weighted by Gasteiger charge is 2.36. The van der Waals surface area contributed by atoms with Crippen LogP contribution in [0.25, 0.3) is 0 Å². The number of methoxy groups -OCH3 is 1. The van der Waals surface area contributed by atoms with Crippen molar-refractivity contribution in [3.05, 3.63) is 76.4 Å². The highest BCUT2D eigenvalue weighted by atomic mass is 35.5. The van der Waals surface area contributed by atoms with Crippen LogP contribution < -0.4 is 30.3 Å². The lowest BCUT2D eigenvalue weighted by molar-refractivity contribution is -0.119. The molecule has 0 unspecified atom stereocenters. The molecule has 9 nitrogen and oxygen atoms in total. The van der Waals surface area contributed by atoms with Crippen LogP contribution in [0.5, 0.6) is 11.5 Å². The molecule has 3 N–H and O–H groups in total. The van der Waals surface area contributed by atoms with E-state index in [2.05, 4.69) is 17.3 Å². The molecule has 0 spiro atoms. The number of benzene rings is 2. The Hall–Kier alpha value is -3.82. The van der Waals surface area contributed by atoms with Crippen molar-refractivity contribution in [1.29, 1.82) is 0 Å². The van der Waals surface area contributed by atoms with Gasteiger partial charge < -0.3 is 25.4 Å². The summed E-state index contributed by atoms with van der Waals surface area (Å²) in [6, 6.07) is 15.4. The number of nitrogens with zero attached hydrogens (tertiary/aromatic N) is 3. The second-order valence-corrected chi connectivity index (χ2v) is 12.5. The zero-order valence-electron chi connectivity index (χ0n) is 25.9. The molecule has 1 aromatic heterocycles. The summed E-state index contributed by atoms with van der Waals surface area (Å²) in [4.78, 5) is 33.7. The number of amides is 2. The SMILES string of the molecule is COc1cc2c(cc1OC(C)C)[C@H](c1ccc(Cl)cc1)N(c1ccc(N(C)C[C@H]3CC[C@H](NCC(N)=O)CC3)nc1)C(=O)C2. The van der Waals surface area contributed by atoms with E-state index in [4.69, 9.17) is 31.8 Å². The topological polar surface area (TPSA) is 110 Å². The van der Waals surface area contributed by atoms with E-state index < -0.39 is 6.04 Å². The number of fused-ring (bicyclic) bond motifs is 1. The Kier molecular flexibility index (Phi) is 9.96. The number of rotatable bonds is 11. The number of primary amides is 1. The minimum absolute atomic E-state index is 0.0263. The van der Waals surface area contributed by atoms with Gasteiger partial charge >= 0.3 is 0 Å². The average molecular weight is 620 g/mol. The molecule has 0 saturated heterocycles. The maximum Gasteiger partial charge on any atom is 0.232 e. The molecule has 5 rings (SSSR count). The molecule has 2 heterocycles. The number of halogens is 1. The predicted molar refractivity (Wildman–Crippen MR) is 174 cm³/mol. The van der Waals surface area contributed by atoms with Gasteiger partial charge in [-0.25, -0.2) is 4.98 Å². The van der Waals surface area contributed by atoms with Crippen molar-refractivity contribution >= 4 is 34.9 Å². The van der Waals surface area contributed by atoms with Crippen molar-refractivity contribution in [3.63, 3.8) is 0 Å². The third-order valence-electron chi connectivity index (χ3n) is 8.48. The van der Waals surface area contributed by atoms with E-state index in [1.54, 1.807) is 13.3 Å². The van der Waals surface area contributed by atoms with E-state index >= 15 is 0 Å². The zero-order valence-corrected chi connectivity index (χ0v) is 26.6. The van der Waals surface area contributed by atoms with Crippen molar-refractivity contribution in [2.45, 2.75) is 64.1 Å². The van der Waals surface area contributed by atoms with E-state index in [0.717, 1.165) is 60.4 Å². The van der Waals surface area contributed by atoms with Gasteiger partial charge in [0.15, 0.2) is 11.5 Å². The molecule has 1 atom stereocenters. The molecule has 1 aliphatic heterocycles. The summed E-state index contributed by atoms with van der Waals surface area (Å²) in [5.41, 5.74) is 8.82. The summed E-state index contributed by atoms with van der Waals surface area (Å²) in [7, 11) is 3.67. The summed E-state index contributed by atoms with van der Waals surface area (Å²) >= 11 is 6.25. The Morgan fingerprint density at radius 1 is 1.11 bits per heavy atom. The van der Waals surface area contributed by atoms with E-state index in [1.165, 1.54) is 0 Å². The number of nitrogens with one attached hydrogen (secondary N) is 1. The zero-order chi connectivity index (χ0) is 31.4. The molecule has 2 aliphatic rings. The van der Waals surface area contributed by atoms with Crippen molar-refractivity contribution in [1.82, 2.24) is 10.3 Å². The molecule has 2 aromatic carbocycles. The minimum Gasteiger partial charge on any atom is -0.493 e. The number of anilines is 2. The lowest BCUT2D eigenvalue weighted by Crippen LogP contribution is -2.41. The molecule has 1 saturated carbocycles. The van der Waals surface area contributed by atoms with Gasteiger partial charge in [-0.05, 0) is 98.5 Å². The Labute approximate surface area is 264 Å². The second kappa shape index (κ2) is 13.9. The van der Waals surface area contributed by atoms with Crippen molar-refractivity contribution in [3.8, 4) is 11.5 Å². The second-order valence-electron chi connectivity index (χ2n) is 12.1. The molecule has 44 heavy (non-hydrogen) atoms. The molecular formula is C34H42ClN5O4. The highest BCUT2D eigenvalue weighted by Crippen LogP contribution is 2.44. The maximum atomic E-state index is 13.8. The Morgan fingerprint density at radius 2 is 1.84 bits per heavy atom. The average Bonchev–Trinajstić information content (AvgIpc) is 3.00. The first-order valence-electron chi connectivity index (χ1n) is 15.3. The molecule has 2 amide bonds. The number of carbonyl (C=O) groups is 2. The van der Waals surface area contributed by atoms with Gasteiger partial charge in [0.05, 0.1) is 44.1 Å². The van der Waals surface area contributed by atoms with Gasteiger partial charge in [0.2, 0.25) is 11.8 Å². The van der Waals surface area contributed by atoms with Crippen LogP contribution >= 0.6 is 11.6 Å². The van der Waals surface area contributed by atoms with Crippen LogP contribution in [0.15, 0.2) is 54.7 Å². The number of pyridine rings is 1. The molecule has 0 radical (unpaired) electrons. The van der Waals surface area contributed by atoms with E-state index in [0.29, 0.717) is 28.5 Å². The molecule has 10 heteroatoms. The fourth-order valence-electron chi connectivity index (χ4n) is 6.35. The predicted octanol–water partition coefficient (Wildman–Crippen LogP) is 5.28. The van der Waals surface area contributed by atoms with E-state index in [1.807, 2.05) is 67.3 Å². The number of hydrogen-bond donors (Lipinski definition) is 2. The number of aromatic nitrogens is 1. The summed E-state index contributed by atoms with van der Waals surface area (Å²) in [6.07, 6.45) is 6.19. The summed E-state index contributed by atoms with van der Waals surface area (Å²) in [5.74, 6) is 2.30. The summed E-state index contributed by atoms with van der Waals surface area (Å²) in [5, 5.41) is 3.89. The Bertz CT molecular complexity index is 1460. The quantitative estimate of drug-likeness (QED) is 0.300. The van der Waals surface area contributed by atoms with Gasteiger partial charge in [-0.1, -0.05) is 23.7 Å². The van der Waals surface area contributed by atoms with Crippen LogP contribution in [0.1, 0.15) is 62.3 Å². The van der Waals surface area contributed by atoms with Gasteiger partial charge in [-0.2, -0.15) is 0 Å². The van der Waals surface area contributed by atoms with Crippen LogP contribution in [0.2, 0.25) is 5.02 Å². The highest BCUT2D eigenvalue weighted by molar-refractivity contribution is 6.30. The van der Waals surface area contributed by atoms with Crippen molar-refractivity contribution in [2.24, 2.45) is 11.7 Å². The van der Waals surface area contributed by atoms with Crippen LogP contribution in [-0.2, 0) is 16.0 Å². The van der Waals surface area contributed by atoms with Gasteiger partial charge in [-0.15, -0.1) is 0 Å². The fraction of sp³-hybridized carbons (Fsp3) is 0.441. The third-order valence-corrected chi connectivity index (χ3v) is 8.73. The smallest absolute Gasteiger partial charge is 0.232 e. The van der Waals surface area contributed by atoms with E-state index in [-0.39, 0.29) is 30.9 Å². The van der Waals surface area contributed by atoms with Gasteiger partial charge in [0.1, 0.15) is 5.82 Å². The van der Waals surface area contributed by atoms with Crippen molar-refractivity contribution in [2.75, 3.05) is 37.0 Å². The summed E-state index contributed by atoms with van der Waals surface area (Å²) in [6.45, 7) is 5.07. The Morgan fingerprint density at radius 3 is 2.45 bits per heavy atom. The van der Waals surface area contributed by atoms with Crippen LogP contribution in [0.4, 0.5) is 11.5 Å². The van der Waals surface area contributed by atoms with E-state index in [9.17, 15) is 9.59 Å². The lowest BCUT2D eigenvalue weighted by atomic mass is 9.85. The number of ether oxygens (including phenoxy) is 2. The monoisotopic (exact) mass is 619 g/mol. The maximum absolute atomic E-state index is 13.8. The van der Waals surface area contributed by atoms with Gasteiger partial charge in [-0.3, -0.25) is 14.5 Å². The van der Waals surface area contributed by atoms with Crippen molar-refractivity contribution < 1.29 is 19.1 Å². The first-order chi connectivity index (χ1) is 21.1. The number of hydrogen-bond acceptors (Lipinski definition) is 7. The van der Waals surface area contributed by atoms with Gasteiger partial charge in [0.25, 0.3) is 0 Å². The Balaban J connectivity index is 1.38. The third kappa shape index (κ3) is 7.27. The summed E-state index contributed by atoms with van der Waals surface area (Å²) < 4.78 is 11.7. The standard InChI is InChI=1S/C34H42ClN5O4/c1-21(2)44-30-17-28-24(15-29(30)43-4)16-33(42)40(34(28)23-7-9-25(35)10-8-23)27-13-14-32(38-18-27)39(3)20-22-5-11-26(12-6-22)37-19-31(36)41/h7-10,13-15,17-18,21-22,26,34,37H,5-6,11-12,16,19-20H2,1-4H3,(H2,36,41)/t22-,26-,34-/m0/s1. The number of nitrogens with two attached hydrogens (primary N) is 1. The molecule has 1 fully saturated rings. The first-order valence-corrected chi connectivity index (χ1v) is 15.6. The van der Waals surface area contributed by atoms with Crippen LogP contribution in [0.3, 0.4) is 0 Å². The minimum atomic E-state index is -0.396. The van der Waals surface area contributed by atoms with Crippen LogP contribution in [0, 0.1) is 5.92 Å². The first kappa shape index (κ1) is 31.6. The lowest BCUT2D eigenvalue weighted by Gasteiger charge is -2.38. The normalized spacial score (nSPS) is 19.9. The molecule has 1 aliphatic carbocycles. The largest absolute Gasteiger partial charge is 0.493 e. The molecular weight excluding hydrogens is 578 g/mol. The van der Waals surface area contributed by atoms with Gasteiger partial charge in [0, 0.05) is 24.7 Å². The molecule has 234 valence electrons. The fourth-order valence-corrected chi connectivity index (χ4v) is 6.48. The molecule has 3 aromatic rings.